The van der Waals surface area contributed by atoms with E-state index in [0.717, 1.165) is 0 Å². The average Bonchev–Trinajstić information content (AvgIpc) is 2.28. The number of carbonyl (C=O) groups is 1. The van der Waals surface area contributed by atoms with Gasteiger partial charge in [-0.15, -0.1) is 0 Å². The normalized spacial score (nSPS) is 10.2. The van der Waals surface area contributed by atoms with Crippen molar-refractivity contribution in [2.24, 2.45) is 0 Å². The van der Waals surface area contributed by atoms with Gasteiger partial charge in [0, 0.05) is 17.3 Å². The number of aromatic nitrogens is 1. The Morgan fingerprint density at radius 1 is 1.06 bits per heavy atom. The maximum absolute atomic E-state index is 11.8. The maximum atomic E-state index is 11.8. The lowest BCUT2D eigenvalue weighted by Crippen LogP contribution is -2.09. The second-order valence-corrected chi connectivity index (χ2v) is 4.63. The number of benzene rings is 1. The number of rotatable bonds is 2. The zero-order valence-corrected chi connectivity index (χ0v) is 11.1. The predicted molar refractivity (Wildman–Crippen MR) is 70.7 cm³/mol. The molecule has 0 aliphatic heterocycles. The molecule has 3 nitrogen and oxygen atoms in total. The summed E-state index contributed by atoms with van der Waals surface area (Å²) in [5, 5.41) is 1.05. The van der Waals surface area contributed by atoms with E-state index in [9.17, 15) is 4.79 Å². The number of pyridine rings is 1. The van der Waals surface area contributed by atoms with Crippen LogP contribution < -0.4 is 4.74 Å². The van der Waals surface area contributed by atoms with Crippen molar-refractivity contribution < 1.29 is 9.53 Å². The second kappa shape index (κ2) is 5.57. The van der Waals surface area contributed by atoms with Gasteiger partial charge >= 0.3 is 5.97 Å². The van der Waals surface area contributed by atoms with Crippen LogP contribution in [0, 0.1) is 0 Å². The quantitative estimate of drug-likeness (QED) is 0.778. The highest BCUT2D eigenvalue weighted by Gasteiger charge is 2.13. The third kappa shape index (κ3) is 3.13. The molecule has 0 aliphatic carbocycles. The summed E-state index contributed by atoms with van der Waals surface area (Å²) < 4.78 is 5.09. The van der Waals surface area contributed by atoms with Gasteiger partial charge in [0.25, 0.3) is 0 Å². The van der Waals surface area contributed by atoms with Gasteiger partial charge in [0.1, 0.15) is 0 Å². The van der Waals surface area contributed by atoms with Crippen molar-refractivity contribution in [2.75, 3.05) is 0 Å². The van der Waals surface area contributed by atoms with E-state index in [-0.39, 0.29) is 16.3 Å². The van der Waals surface area contributed by atoms with Crippen LogP contribution in [0.25, 0.3) is 0 Å². The molecule has 2 aromatic rings. The van der Waals surface area contributed by atoms with Crippen molar-refractivity contribution in [3.05, 3.63) is 57.3 Å². The number of carbonyl (C=O) groups excluding carboxylic acids is 1. The van der Waals surface area contributed by atoms with Crippen LogP contribution in [0.3, 0.4) is 0 Å². The van der Waals surface area contributed by atoms with E-state index in [0.29, 0.717) is 10.0 Å². The summed E-state index contributed by atoms with van der Waals surface area (Å²) in [7, 11) is 0. The number of hydrogen-bond acceptors (Lipinski definition) is 3. The molecule has 2 rings (SSSR count). The van der Waals surface area contributed by atoms with Crippen molar-refractivity contribution in [3.8, 4) is 5.75 Å². The van der Waals surface area contributed by atoms with Crippen molar-refractivity contribution in [3.63, 3.8) is 0 Å². The van der Waals surface area contributed by atoms with Crippen LogP contribution in [0.5, 0.6) is 5.75 Å². The van der Waals surface area contributed by atoms with Crippen molar-refractivity contribution in [1.82, 2.24) is 4.98 Å². The fraction of sp³-hybridized carbons (Fsp3) is 0. The average molecular weight is 303 g/mol. The number of halogens is 3. The van der Waals surface area contributed by atoms with Gasteiger partial charge < -0.3 is 4.74 Å². The Labute approximate surface area is 118 Å². The molecule has 0 fully saturated rings. The molecule has 92 valence electrons. The first kappa shape index (κ1) is 13.1. The first-order valence-electron chi connectivity index (χ1n) is 4.84. The smallest absolute Gasteiger partial charge is 0.345 e. The highest BCUT2D eigenvalue weighted by atomic mass is 35.5. The molecular weight excluding hydrogens is 296 g/mol. The molecule has 1 aromatic heterocycles. The Balaban J connectivity index is 2.22. The predicted octanol–water partition coefficient (Wildman–Crippen LogP) is 4.26. The van der Waals surface area contributed by atoms with Crippen LogP contribution in [0.2, 0.25) is 15.1 Å². The fourth-order valence-electron chi connectivity index (χ4n) is 1.27. The lowest BCUT2D eigenvalue weighted by Gasteiger charge is -2.05. The van der Waals surface area contributed by atoms with Gasteiger partial charge in [0.15, 0.2) is 5.75 Å². The molecule has 0 aliphatic rings. The zero-order valence-electron chi connectivity index (χ0n) is 8.86. The minimum absolute atomic E-state index is 0.223. The molecule has 1 aromatic carbocycles. The van der Waals surface area contributed by atoms with E-state index < -0.39 is 5.97 Å². The molecule has 0 bridgehead atoms. The number of nitrogens with zero attached hydrogens (tertiary/aromatic N) is 1. The molecule has 0 N–H and O–H groups in total. The van der Waals surface area contributed by atoms with Crippen molar-refractivity contribution >= 4 is 40.8 Å². The van der Waals surface area contributed by atoms with Gasteiger partial charge in [-0.3, -0.25) is 4.98 Å². The molecule has 0 amide bonds. The van der Waals surface area contributed by atoms with E-state index in [2.05, 4.69) is 4.98 Å². The van der Waals surface area contributed by atoms with Crippen LogP contribution >= 0.6 is 34.8 Å². The topological polar surface area (TPSA) is 39.2 Å². The monoisotopic (exact) mass is 301 g/mol. The fourth-order valence-corrected chi connectivity index (χ4v) is 1.91. The zero-order chi connectivity index (χ0) is 13.1. The van der Waals surface area contributed by atoms with E-state index in [1.807, 2.05) is 0 Å². The van der Waals surface area contributed by atoms with Gasteiger partial charge in [0.2, 0.25) is 0 Å². The lowest BCUT2D eigenvalue weighted by molar-refractivity contribution is 0.0734. The molecule has 1 heterocycles. The first-order chi connectivity index (χ1) is 8.56. The van der Waals surface area contributed by atoms with E-state index in [1.165, 1.54) is 30.6 Å². The second-order valence-electron chi connectivity index (χ2n) is 3.35. The van der Waals surface area contributed by atoms with E-state index in [4.69, 9.17) is 39.5 Å². The van der Waals surface area contributed by atoms with Gasteiger partial charge in [-0.25, -0.2) is 4.79 Å². The third-order valence-electron chi connectivity index (χ3n) is 2.04. The lowest BCUT2D eigenvalue weighted by atomic mass is 10.2. The summed E-state index contributed by atoms with van der Waals surface area (Å²) in [5.41, 5.74) is 0.223. The third-order valence-corrected chi connectivity index (χ3v) is 2.80. The number of ether oxygens (including phenoxy) is 1. The van der Waals surface area contributed by atoms with E-state index >= 15 is 0 Å². The number of esters is 1. The summed E-state index contributed by atoms with van der Waals surface area (Å²) >= 11 is 17.4. The molecular formula is C12H6Cl3NO2. The Kier molecular flexibility index (Phi) is 4.07. The Morgan fingerprint density at radius 2 is 1.83 bits per heavy atom. The SMILES string of the molecule is O=C(Oc1cncc(Cl)c1)c1ccc(Cl)cc1Cl. The summed E-state index contributed by atoms with van der Waals surface area (Å²) in [6, 6.07) is 6.00. The molecule has 6 heteroatoms. The molecule has 0 saturated carbocycles. The number of hydrogen-bond donors (Lipinski definition) is 0. The van der Waals surface area contributed by atoms with Crippen LogP contribution in [0.4, 0.5) is 0 Å². The summed E-state index contributed by atoms with van der Waals surface area (Å²) in [6.07, 6.45) is 2.82. The Hall–Kier alpha value is -1.29. The van der Waals surface area contributed by atoms with Crippen LogP contribution in [0.1, 0.15) is 10.4 Å². The van der Waals surface area contributed by atoms with Gasteiger partial charge in [0.05, 0.1) is 21.8 Å². The van der Waals surface area contributed by atoms with Crippen LogP contribution in [-0.4, -0.2) is 11.0 Å². The maximum Gasteiger partial charge on any atom is 0.345 e. The molecule has 0 atom stereocenters. The highest BCUT2D eigenvalue weighted by Crippen LogP contribution is 2.23. The minimum atomic E-state index is -0.597. The Bertz CT molecular complexity index is 602. The molecule has 0 spiro atoms. The van der Waals surface area contributed by atoms with Crippen LogP contribution in [-0.2, 0) is 0 Å². The van der Waals surface area contributed by atoms with Gasteiger partial charge in [-0.05, 0) is 18.2 Å². The summed E-state index contributed by atoms with van der Waals surface area (Å²) in [4.78, 5) is 15.6. The summed E-state index contributed by atoms with van der Waals surface area (Å²) in [6.45, 7) is 0. The van der Waals surface area contributed by atoms with Crippen LogP contribution in [0.15, 0.2) is 36.7 Å². The molecule has 18 heavy (non-hydrogen) atoms. The summed E-state index contributed by atoms with van der Waals surface area (Å²) in [5.74, 6) is -0.348. The first-order valence-corrected chi connectivity index (χ1v) is 5.97. The largest absolute Gasteiger partial charge is 0.421 e. The van der Waals surface area contributed by atoms with Crippen molar-refractivity contribution in [1.29, 1.82) is 0 Å². The molecule has 0 saturated heterocycles. The van der Waals surface area contributed by atoms with Gasteiger partial charge in [-0.2, -0.15) is 0 Å². The minimum Gasteiger partial charge on any atom is -0.421 e. The molecule has 0 radical (unpaired) electrons. The Morgan fingerprint density at radius 3 is 2.50 bits per heavy atom. The molecule has 0 unspecified atom stereocenters. The van der Waals surface area contributed by atoms with Gasteiger partial charge in [-0.1, -0.05) is 34.8 Å². The highest BCUT2D eigenvalue weighted by molar-refractivity contribution is 6.36. The standard InChI is InChI=1S/C12H6Cl3NO2/c13-7-1-2-10(11(15)4-7)12(17)18-9-3-8(14)5-16-6-9/h1-6H. The van der Waals surface area contributed by atoms with E-state index in [1.54, 1.807) is 6.07 Å². The van der Waals surface area contributed by atoms with Crippen molar-refractivity contribution in [2.45, 2.75) is 0 Å².